The van der Waals surface area contributed by atoms with Crippen molar-refractivity contribution in [2.24, 2.45) is 0 Å². The predicted molar refractivity (Wildman–Crippen MR) is 68.2 cm³/mol. The van der Waals surface area contributed by atoms with Gasteiger partial charge in [-0.25, -0.2) is 0 Å². The van der Waals surface area contributed by atoms with E-state index >= 15 is 0 Å². The van der Waals surface area contributed by atoms with Crippen LogP contribution in [0.15, 0.2) is 18.2 Å². The summed E-state index contributed by atoms with van der Waals surface area (Å²) < 4.78 is 5.26. The number of benzene rings is 1. The van der Waals surface area contributed by atoms with Crippen LogP contribution in [0.3, 0.4) is 0 Å². The van der Waals surface area contributed by atoms with Crippen LogP contribution in [0, 0.1) is 6.92 Å². The van der Waals surface area contributed by atoms with Gasteiger partial charge in [-0.05, 0) is 43.5 Å². The number of rotatable bonds is 4. The summed E-state index contributed by atoms with van der Waals surface area (Å²) in [5, 5.41) is 9.29. The first-order valence-electron chi connectivity index (χ1n) is 6.23. The van der Waals surface area contributed by atoms with Gasteiger partial charge in [-0.2, -0.15) is 0 Å². The smallest absolute Gasteiger partial charge is 0.121 e. The van der Waals surface area contributed by atoms with Crippen molar-refractivity contribution in [1.82, 2.24) is 4.90 Å². The van der Waals surface area contributed by atoms with Crippen LogP contribution in [0.25, 0.3) is 0 Å². The van der Waals surface area contributed by atoms with Crippen LogP contribution >= 0.6 is 0 Å². The molecule has 1 saturated heterocycles. The Hall–Kier alpha value is -1.06. The molecular formula is C14H21NO2. The maximum atomic E-state index is 9.29. The normalized spacial score (nSPS) is 20.8. The van der Waals surface area contributed by atoms with Crippen molar-refractivity contribution in [3.63, 3.8) is 0 Å². The number of ether oxygens (including phenoxy) is 1. The molecule has 0 aliphatic carbocycles. The number of nitrogens with zero attached hydrogens (tertiary/aromatic N) is 1. The summed E-state index contributed by atoms with van der Waals surface area (Å²) in [5.41, 5.74) is 2.47. The maximum absolute atomic E-state index is 9.29. The Morgan fingerprint density at radius 3 is 2.94 bits per heavy atom. The first-order valence-corrected chi connectivity index (χ1v) is 6.23. The standard InChI is InChI=1S/C14H21NO2/c1-11-8-12(5-6-14(11)17-2)9-15-7-3-4-13(15)10-16/h5-6,8,13,16H,3-4,7,9-10H2,1-2H3. The van der Waals surface area contributed by atoms with Gasteiger partial charge in [0, 0.05) is 12.6 Å². The van der Waals surface area contributed by atoms with Gasteiger partial charge >= 0.3 is 0 Å². The molecule has 1 fully saturated rings. The van der Waals surface area contributed by atoms with Gasteiger partial charge in [0.2, 0.25) is 0 Å². The van der Waals surface area contributed by atoms with Crippen molar-refractivity contribution in [3.8, 4) is 5.75 Å². The molecule has 1 aliphatic heterocycles. The molecule has 0 spiro atoms. The molecule has 0 bridgehead atoms. The van der Waals surface area contributed by atoms with E-state index in [9.17, 15) is 5.11 Å². The third-order valence-corrected chi connectivity index (χ3v) is 3.55. The number of aliphatic hydroxyl groups excluding tert-OH is 1. The van der Waals surface area contributed by atoms with Crippen molar-refractivity contribution in [3.05, 3.63) is 29.3 Å². The highest BCUT2D eigenvalue weighted by Gasteiger charge is 2.23. The van der Waals surface area contributed by atoms with Crippen molar-refractivity contribution in [2.45, 2.75) is 32.4 Å². The minimum absolute atomic E-state index is 0.273. The van der Waals surface area contributed by atoms with Crippen LogP contribution in [-0.4, -0.2) is 36.3 Å². The topological polar surface area (TPSA) is 32.7 Å². The highest BCUT2D eigenvalue weighted by molar-refractivity contribution is 5.36. The number of likely N-dealkylation sites (tertiary alicyclic amines) is 1. The van der Waals surface area contributed by atoms with E-state index in [2.05, 4.69) is 24.0 Å². The molecular weight excluding hydrogens is 214 g/mol. The quantitative estimate of drug-likeness (QED) is 0.866. The Kier molecular flexibility index (Phi) is 4.02. The SMILES string of the molecule is COc1ccc(CN2CCCC2CO)cc1C. The molecule has 1 heterocycles. The highest BCUT2D eigenvalue weighted by Crippen LogP contribution is 2.23. The van der Waals surface area contributed by atoms with E-state index in [0.29, 0.717) is 6.04 Å². The summed E-state index contributed by atoms with van der Waals surface area (Å²) in [4.78, 5) is 2.36. The second kappa shape index (κ2) is 5.52. The number of hydrogen-bond acceptors (Lipinski definition) is 3. The maximum Gasteiger partial charge on any atom is 0.121 e. The Balaban J connectivity index is 2.05. The average molecular weight is 235 g/mol. The first kappa shape index (κ1) is 12.4. The van der Waals surface area contributed by atoms with Crippen molar-refractivity contribution >= 4 is 0 Å². The third-order valence-electron chi connectivity index (χ3n) is 3.55. The highest BCUT2D eigenvalue weighted by atomic mass is 16.5. The fraction of sp³-hybridized carbons (Fsp3) is 0.571. The Bertz CT molecular complexity index is 378. The van der Waals surface area contributed by atoms with Gasteiger partial charge in [-0.15, -0.1) is 0 Å². The lowest BCUT2D eigenvalue weighted by molar-refractivity contribution is 0.153. The number of hydrogen-bond donors (Lipinski definition) is 1. The second-order valence-electron chi connectivity index (χ2n) is 4.75. The molecule has 3 heteroatoms. The lowest BCUT2D eigenvalue weighted by Crippen LogP contribution is -2.31. The van der Waals surface area contributed by atoms with Crippen molar-refractivity contribution in [1.29, 1.82) is 0 Å². The minimum Gasteiger partial charge on any atom is -0.496 e. The number of aliphatic hydroxyl groups is 1. The number of aryl methyl sites for hydroxylation is 1. The van der Waals surface area contributed by atoms with E-state index in [0.717, 1.165) is 25.3 Å². The van der Waals surface area contributed by atoms with Gasteiger partial charge in [-0.3, -0.25) is 4.90 Å². The zero-order chi connectivity index (χ0) is 12.3. The van der Waals surface area contributed by atoms with Crippen molar-refractivity contribution in [2.75, 3.05) is 20.3 Å². The molecule has 0 saturated carbocycles. The molecule has 2 rings (SSSR count). The van der Waals surface area contributed by atoms with E-state index in [-0.39, 0.29) is 6.61 Å². The van der Waals surface area contributed by atoms with Gasteiger partial charge < -0.3 is 9.84 Å². The van der Waals surface area contributed by atoms with E-state index in [1.54, 1.807) is 7.11 Å². The van der Waals surface area contributed by atoms with Crippen LogP contribution in [0.4, 0.5) is 0 Å². The fourth-order valence-corrected chi connectivity index (χ4v) is 2.58. The minimum atomic E-state index is 0.273. The average Bonchev–Trinajstić information content (AvgIpc) is 2.76. The first-order chi connectivity index (χ1) is 8.24. The molecule has 1 N–H and O–H groups in total. The van der Waals surface area contributed by atoms with Crippen molar-refractivity contribution < 1.29 is 9.84 Å². The molecule has 0 amide bonds. The molecule has 3 nitrogen and oxygen atoms in total. The summed E-state index contributed by atoms with van der Waals surface area (Å²) in [6.45, 7) is 4.36. The summed E-state index contributed by atoms with van der Waals surface area (Å²) in [6.07, 6.45) is 2.31. The summed E-state index contributed by atoms with van der Waals surface area (Å²) >= 11 is 0. The fourth-order valence-electron chi connectivity index (χ4n) is 2.58. The third kappa shape index (κ3) is 2.79. The molecule has 1 aromatic rings. The molecule has 17 heavy (non-hydrogen) atoms. The van der Waals surface area contributed by atoms with Crippen LogP contribution in [-0.2, 0) is 6.54 Å². The molecule has 1 aliphatic rings. The molecule has 1 atom stereocenters. The van der Waals surface area contributed by atoms with Crippen LogP contribution in [0.1, 0.15) is 24.0 Å². The summed E-state index contributed by atoms with van der Waals surface area (Å²) in [5.74, 6) is 0.939. The van der Waals surface area contributed by atoms with E-state index in [4.69, 9.17) is 4.74 Å². The number of methoxy groups -OCH3 is 1. The van der Waals surface area contributed by atoms with Gasteiger partial charge in [-0.1, -0.05) is 12.1 Å². The summed E-state index contributed by atoms with van der Waals surface area (Å²) in [6, 6.07) is 6.65. The lowest BCUT2D eigenvalue weighted by atomic mass is 10.1. The van der Waals surface area contributed by atoms with Gasteiger partial charge in [0.1, 0.15) is 5.75 Å². The molecule has 1 aromatic carbocycles. The second-order valence-corrected chi connectivity index (χ2v) is 4.75. The largest absolute Gasteiger partial charge is 0.496 e. The zero-order valence-electron chi connectivity index (χ0n) is 10.6. The van der Waals surface area contributed by atoms with Crippen LogP contribution in [0.2, 0.25) is 0 Å². The Morgan fingerprint density at radius 1 is 1.47 bits per heavy atom. The van der Waals surface area contributed by atoms with E-state index in [1.165, 1.54) is 17.5 Å². The zero-order valence-corrected chi connectivity index (χ0v) is 10.6. The summed E-state index contributed by atoms with van der Waals surface area (Å²) in [7, 11) is 1.70. The molecule has 0 radical (unpaired) electrons. The van der Waals surface area contributed by atoms with Gasteiger partial charge in [0.15, 0.2) is 0 Å². The lowest BCUT2D eigenvalue weighted by Gasteiger charge is -2.23. The molecule has 94 valence electrons. The van der Waals surface area contributed by atoms with Crippen LogP contribution < -0.4 is 4.74 Å². The van der Waals surface area contributed by atoms with Crippen LogP contribution in [0.5, 0.6) is 5.75 Å². The van der Waals surface area contributed by atoms with Gasteiger partial charge in [0.25, 0.3) is 0 Å². The molecule has 1 unspecified atom stereocenters. The monoisotopic (exact) mass is 235 g/mol. The predicted octanol–water partition coefficient (Wildman–Crippen LogP) is 1.96. The van der Waals surface area contributed by atoms with Gasteiger partial charge in [0.05, 0.1) is 13.7 Å². The van der Waals surface area contributed by atoms with E-state index in [1.807, 2.05) is 6.07 Å². The Labute approximate surface area is 103 Å². The van der Waals surface area contributed by atoms with E-state index < -0.39 is 0 Å². The Morgan fingerprint density at radius 2 is 2.29 bits per heavy atom. The molecule has 0 aromatic heterocycles.